The Kier molecular flexibility index (Phi) is 7.94. The molecular weight excluding hydrogens is 318 g/mol. The number of nitrogens with one attached hydrogen (secondary N) is 1. The zero-order valence-corrected chi connectivity index (χ0v) is 15.9. The average Bonchev–Trinajstić information content (AvgIpc) is 3.08. The van der Waals surface area contributed by atoms with Crippen LogP contribution in [0.25, 0.3) is 0 Å². The Balaban J connectivity index is 1.80. The molecule has 0 bridgehead atoms. The van der Waals surface area contributed by atoms with Crippen molar-refractivity contribution in [1.29, 1.82) is 0 Å². The molecule has 1 aliphatic heterocycles. The molecule has 7 heteroatoms. The summed E-state index contributed by atoms with van der Waals surface area (Å²) in [6.07, 6.45) is 1.13. The quantitative estimate of drug-likeness (QED) is 0.432. The maximum absolute atomic E-state index is 5.66. The minimum atomic E-state index is 0.547. The van der Waals surface area contributed by atoms with Crippen LogP contribution in [0.4, 0.5) is 5.82 Å². The first kappa shape index (κ1) is 19.5. The molecule has 2 heterocycles. The second-order valence-corrected chi connectivity index (χ2v) is 6.45. The van der Waals surface area contributed by atoms with E-state index in [1.165, 1.54) is 0 Å². The lowest BCUT2D eigenvalue weighted by Gasteiger charge is -2.22. The number of likely N-dealkylation sites (tertiary alicyclic amines) is 1. The van der Waals surface area contributed by atoms with Crippen LogP contribution in [0.2, 0.25) is 0 Å². The van der Waals surface area contributed by atoms with E-state index in [4.69, 9.17) is 9.47 Å². The van der Waals surface area contributed by atoms with Gasteiger partial charge in [0.25, 0.3) is 0 Å². The molecule has 0 aromatic carbocycles. The van der Waals surface area contributed by atoms with Crippen LogP contribution >= 0.6 is 0 Å². The molecule has 1 atom stereocenters. The summed E-state index contributed by atoms with van der Waals surface area (Å²) in [5, 5.41) is 3.42. The number of hydrogen-bond acceptors (Lipinski definition) is 5. The standard InChI is InChI=1S/C18H31N5O2/c1-19-18(20-12-16-6-5-7-17(21-16)22(2)3)23-9-8-15(13-23)14-25-11-10-24-4/h5-7,15H,8-14H2,1-4H3,(H,19,20). The molecule has 25 heavy (non-hydrogen) atoms. The van der Waals surface area contributed by atoms with Gasteiger partial charge in [0.1, 0.15) is 5.82 Å². The van der Waals surface area contributed by atoms with E-state index in [9.17, 15) is 0 Å². The third-order valence-electron chi connectivity index (χ3n) is 4.26. The van der Waals surface area contributed by atoms with Crippen molar-refractivity contribution in [2.24, 2.45) is 10.9 Å². The fourth-order valence-corrected chi connectivity index (χ4v) is 2.87. The SMILES string of the molecule is CN=C(NCc1cccc(N(C)C)n1)N1CCC(COCCOC)C1. The van der Waals surface area contributed by atoms with E-state index in [1.807, 2.05) is 44.2 Å². The van der Waals surface area contributed by atoms with Gasteiger partial charge in [0.2, 0.25) is 0 Å². The van der Waals surface area contributed by atoms with Gasteiger partial charge in [-0.3, -0.25) is 4.99 Å². The first-order valence-corrected chi connectivity index (χ1v) is 8.79. The van der Waals surface area contributed by atoms with Crippen LogP contribution in [0.15, 0.2) is 23.2 Å². The highest BCUT2D eigenvalue weighted by molar-refractivity contribution is 5.80. The highest BCUT2D eigenvalue weighted by Gasteiger charge is 2.24. The number of aliphatic imine (C=N–C) groups is 1. The summed E-state index contributed by atoms with van der Waals surface area (Å²) in [5.74, 6) is 2.44. The number of ether oxygens (including phenoxy) is 2. The van der Waals surface area contributed by atoms with Gasteiger partial charge in [-0.15, -0.1) is 0 Å². The predicted molar refractivity (Wildman–Crippen MR) is 101 cm³/mol. The number of aromatic nitrogens is 1. The third kappa shape index (κ3) is 6.17. The zero-order chi connectivity index (χ0) is 18.1. The summed E-state index contributed by atoms with van der Waals surface area (Å²) < 4.78 is 10.7. The van der Waals surface area contributed by atoms with Crippen molar-refractivity contribution in [2.45, 2.75) is 13.0 Å². The van der Waals surface area contributed by atoms with Gasteiger partial charge in [0, 0.05) is 47.3 Å². The Bertz CT molecular complexity index is 550. The smallest absolute Gasteiger partial charge is 0.193 e. The zero-order valence-electron chi connectivity index (χ0n) is 15.9. The van der Waals surface area contributed by atoms with Gasteiger partial charge in [-0.25, -0.2) is 4.98 Å². The van der Waals surface area contributed by atoms with Crippen LogP contribution in [0, 0.1) is 5.92 Å². The van der Waals surface area contributed by atoms with Gasteiger partial charge < -0.3 is 24.6 Å². The molecule has 1 fully saturated rings. The van der Waals surface area contributed by atoms with Crippen LogP contribution in [0.1, 0.15) is 12.1 Å². The van der Waals surface area contributed by atoms with Crippen molar-refractivity contribution in [2.75, 3.05) is 66.1 Å². The normalized spacial score (nSPS) is 17.8. The van der Waals surface area contributed by atoms with Crippen molar-refractivity contribution in [3.63, 3.8) is 0 Å². The number of rotatable bonds is 8. The summed E-state index contributed by atoms with van der Waals surface area (Å²) >= 11 is 0. The van der Waals surface area contributed by atoms with Crippen molar-refractivity contribution < 1.29 is 9.47 Å². The van der Waals surface area contributed by atoms with Crippen LogP contribution in [-0.4, -0.2) is 77.0 Å². The first-order chi connectivity index (χ1) is 12.1. The summed E-state index contributed by atoms with van der Waals surface area (Å²) in [5.41, 5.74) is 1.01. The van der Waals surface area contributed by atoms with Gasteiger partial charge in [-0.2, -0.15) is 0 Å². The molecule has 1 saturated heterocycles. The maximum atomic E-state index is 5.66. The number of nitrogens with zero attached hydrogens (tertiary/aromatic N) is 4. The Morgan fingerprint density at radius 2 is 2.24 bits per heavy atom. The minimum absolute atomic E-state index is 0.547. The largest absolute Gasteiger partial charge is 0.382 e. The number of hydrogen-bond donors (Lipinski definition) is 1. The Labute approximate surface area is 151 Å². The molecule has 0 spiro atoms. The topological polar surface area (TPSA) is 62.2 Å². The summed E-state index contributed by atoms with van der Waals surface area (Å²) in [7, 11) is 7.52. The average molecular weight is 349 g/mol. The van der Waals surface area contributed by atoms with Gasteiger partial charge in [-0.1, -0.05) is 6.07 Å². The second kappa shape index (κ2) is 10.2. The van der Waals surface area contributed by atoms with Crippen LogP contribution in [0.5, 0.6) is 0 Å². The van der Waals surface area contributed by atoms with Crippen molar-refractivity contribution >= 4 is 11.8 Å². The van der Waals surface area contributed by atoms with Gasteiger partial charge in [-0.05, 0) is 18.6 Å². The van der Waals surface area contributed by atoms with Crippen LogP contribution in [-0.2, 0) is 16.0 Å². The third-order valence-corrected chi connectivity index (χ3v) is 4.26. The first-order valence-electron chi connectivity index (χ1n) is 8.79. The molecule has 0 amide bonds. The Morgan fingerprint density at radius 3 is 2.96 bits per heavy atom. The predicted octanol–water partition coefficient (Wildman–Crippen LogP) is 1.21. The van der Waals surface area contributed by atoms with Crippen molar-refractivity contribution in [3.8, 4) is 0 Å². The molecule has 140 valence electrons. The fraction of sp³-hybridized carbons (Fsp3) is 0.667. The van der Waals surface area contributed by atoms with E-state index in [-0.39, 0.29) is 0 Å². The molecule has 1 unspecified atom stereocenters. The highest BCUT2D eigenvalue weighted by atomic mass is 16.5. The second-order valence-electron chi connectivity index (χ2n) is 6.45. The monoisotopic (exact) mass is 349 g/mol. The van der Waals surface area contributed by atoms with Gasteiger partial charge in [0.05, 0.1) is 32.1 Å². The molecule has 1 aromatic rings. The van der Waals surface area contributed by atoms with Crippen LogP contribution < -0.4 is 10.2 Å². The summed E-state index contributed by atoms with van der Waals surface area (Å²) in [6.45, 7) is 4.73. The molecule has 1 N–H and O–H groups in total. The molecule has 1 aromatic heterocycles. The molecule has 0 saturated carbocycles. The minimum Gasteiger partial charge on any atom is -0.382 e. The van der Waals surface area contributed by atoms with E-state index >= 15 is 0 Å². The van der Waals surface area contributed by atoms with E-state index in [0.717, 1.165) is 43.6 Å². The lowest BCUT2D eigenvalue weighted by molar-refractivity contribution is 0.0536. The van der Waals surface area contributed by atoms with Gasteiger partial charge in [0.15, 0.2) is 5.96 Å². The lowest BCUT2D eigenvalue weighted by Crippen LogP contribution is -2.40. The number of pyridine rings is 1. The van der Waals surface area contributed by atoms with Crippen molar-refractivity contribution in [3.05, 3.63) is 23.9 Å². The van der Waals surface area contributed by atoms with E-state index in [1.54, 1.807) is 7.11 Å². The summed E-state index contributed by atoms with van der Waals surface area (Å²) in [4.78, 5) is 13.4. The number of methoxy groups -OCH3 is 1. The molecule has 2 rings (SSSR count). The summed E-state index contributed by atoms with van der Waals surface area (Å²) in [6, 6.07) is 6.07. The lowest BCUT2D eigenvalue weighted by atomic mass is 10.1. The van der Waals surface area contributed by atoms with E-state index in [0.29, 0.717) is 25.7 Å². The molecule has 1 aliphatic rings. The molecule has 0 aliphatic carbocycles. The van der Waals surface area contributed by atoms with Crippen molar-refractivity contribution in [1.82, 2.24) is 15.2 Å². The number of guanidine groups is 1. The Morgan fingerprint density at radius 1 is 1.40 bits per heavy atom. The van der Waals surface area contributed by atoms with Gasteiger partial charge >= 0.3 is 0 Å². The van der Waals surface area contributed by atoms with E-state index < -0.39 is 0 Å². The number of anilines is 1. The Hall–Kier alpha value is -1.86. The fourth-order valence-electron chi connectivity index (χ4n) is 2.87. The van der Waals surface area contributed by atoms with E-state index in [2.05, 4.69) is 20.2 Å². The molecule has 0 radical (unpaired) electrons. The maximum Gasteiger partial charge on any atom is 0.193 e. The molecule has 7 nitrogen and oxygen atoms in total. The highest BCUT2D eigenvalue weighted by Crippen LogP contribution is 2.17. The molecular formula is C18H31N5O2. The van der Waals surface area contributed by atoms with Crippen LogP contribution in [0.3, 0.4) is 0 Å².